The van der Waals surface area contributed by atoms with Crippen LogP contribution in [0.4, 0.5) is 11.4 Å². The number of hydrogen-bond donors (Lipinski definition) is 0. The Morgan fingerprint density at radius 2 is 1.75 bits per heavy atom. The largest absolute Gasteiger partial charge is 0.299 e. The van der Waals surface area contributed by atoms with Gasteiger partial charge in [0.1, 0.15) is 5.78 Å². The predicted molar refractivity (Wildman–Crippen MR) is 68.5 cm³/mol. The number of hydrogen-bond acceptors (Lipinski definition) is 6. The summed E-state index contributed by atoms with van der Waals surface area (Å²) in [5, 5.41) is 21.4. The minimum atomic E-state index is -0.875. The van der Waals surface area contributed by atoms with Gasteiger partial charge in [0.25, 0.3) is 11.4 Å². The molecule has 106 valence electrons. The fraction of sp³-hybridized carbons (Fsp3) is 0.333. The van der Waals surface area contributed by atoms with Crippen LogP contribution in [0, 0.1) is 26.1 Å². The smallest absolute Gasteiger partial charge is 0.287 e. The summed E-state index contributed by atoms with van der Waals surface area (Å²) in [5.74, 6) is -1.43. The van der Waals surface area contributed by atoms with Crippen molar-refractivity contribution in [2.45, 2.75) is 20.3 Å². The van der Waals surface area contributed by atoms with E-state index in [0.29, 0.717) is 6.07 Å². The Bertz CT molecular complexity index is 594. The highest BCUT2D eigenvalue weighted by atomic mass is 16.6. The molecule has 0 N–H and O–H groups in total. The molecule has 0 atom stereocenters. The van der Waals surface area contributed by atoms with Gasteiger partial charge >= 0.3 is 0 Å². The number of nitro benzene ring substituents is 2. The summed E-state index contributed by atoms with van der Waals surface area (Å²) >= 11 is 0. The highest BCUT2D eigenvalue weighted by Crippen LogP contribution is 2.26. The van der Waals surface area contributed by atoms with E-state index in [0.717, 1.165) is 12.1 Å². The van der Waals surface area contributed by atoms with Gasteiger partial charge in [-0.3, -0.25) is 29.8 Å². The van der Waals surface area contributed by atoms with Gasteiger partial charge in [-0.05, 0) is 6.07 Å². The van der Waals surface area contributed by atoms with Gasteiger partial charge in [-0.2, -0.15) is 0 Å². The second-order valence-electron chi connectivity index (χ2n) is 4.44. The van der Waals surface area contributed by atoms with E-state index in [1.165, 1.54) is 0 Å². The molecule has 0 radical (unpaired) electrons. The van der Waals surface area contributed by atoms with Crippen LogP contribution in [0.3, 0.4) is 0 Å². The van der Waals surface area contributed by atoms with Crippen molar-refractivity contribution >= 4 is 22.9 Å². The highest BCUT2D eigenvalue weighted by Gasteiger charge is 2.25. The van der Waals surface area contributed by atoms with Crippen LogP contribution in [0.2, 0.25) is 0 Å². The van der Waals surface area contributed by atoms with E-state index >= 15 is 0 Å². The number of Topliss-reactive ketones (excluding diaryl/α,β-unsaturated/α-hetero) is 2. The number of nitrogens with zero attached hydrogens (tertiary/aromatic N) is 2. The average Bonchev–Trinajstić information content (AvgIpc) is 2.37. The summed E-state index contributed by atoms with van der Waals surface area (Å²) in [6, 6.07) is 2.72. The standard InChI is InChI=1S/C12H12N2O6/c1-7(2)11(15)6-12(16)9-4-3-8(13(17)18)5-10(9)14(19)20/h3-5,7H,6H2,1-2H3. The van der Waals surface area contributed by atoms with Gasteiger partial charge in [0.05, 0.1) is 27.9 Å². The number of carbonyl (C=O) groups excluding carboxylic acids is 2. The third-order valence-electron chi connectivity index (χ3n) is 2.67. The molecule has 8 heteroatoms. The van der Waals surface area contributed by atoms with E-state index in [4.69, 9.17) is 0 Å². The van der Waals surface area contributed by atoms with Crippen LogP contribution in [0.1, 0.15) is 30.6 Å². The Hall–Kier alpha value is -2.64. The van der Waals surface area contributed by atoms with E-state index in [2.05, 4.69) is 0 Å². The topological polar surface area (TPSA) is 120 Å². The third-order valence-corrected chi connectivity index (χ3v) is 2.67. The van der Waals surface area contributed by atoms with E-state index in [1.807, 2.05) is 0 Å². The molecule has 0 bridgehead atoms. The van der Waals surface area contributed by atoms with Gasteiger partial charge in [-0.25, -0.2) is 0 Å². The lowest BCUT2D eigenvalue weighted by Gasteiger charge is -2.04. The number of non-ortho nitro benzene ring substituents is 1. The molecule has 0 unspecified atom stereocenters. The quantitative estimate of drug-likeness (QED) is 0.341. The first-order valence-corrected chi connectivity index (χ1v) is 5.72. The monoisotopic (exact) mass is 280 g/mol. The molecular weight excluding hydrogens is 268 g/mol. The number of benzene rings is 1. The molecule has 0 saturated carbocycles. The lowest BCUT2D eigenvalue weighted by molar-refractivity contribution is -0.394. The number of carbonyl (C=O) groups is 2. The van der Waals surface area contributed by atoms with E-state index in [9.17, 15) is 29.8 Å². The molecule has 8 nitrogen and oxygen atoms in total. The zero-order chi connectivity index (χ0) is 15.4. The van der Waals surface area contributed by atoms with Crippen LogP contribution < -0.4 is 0 Å². The Balaban J connectivity index is 3.17. The zero-order valence-electron chi connectivity index (χ0n) is 10.9. The normalized spacial score (nSPS) is 10.3. The molecule has 20 heavy (non-hydrogen) atoms. The second-order valence-corrected chi connectivity index (χ2v) is 4.44. The fourth-order valence-corrected chi connectivity index (χ4v) is 1.48. The Kier molecular flexibility index (Phi) is 4.63. The van der Waals surface area contributed by atoms with Crippen molar-refractivity contribution in [2.24, 2.45) is 5.92 Å². The number of nitro groups is 2. The highest BCUT2D eigenvalue weighted by molar-refractivity contribution is 6.10. The van der Waals surface area contributed by atoms with Crippen LogP contribution in [0.25, 0.3) is 0 Å². The molecule has 0 amide bonds. The molecule has 0 fully saturated rings. The van der Waals surface area contributed by atoms with Gasteiger partial charge in [0.2, 0.25) is 0 Å². The molecule has 0 spiro atoms. The summed E-state index contributed by atoms with van der Waals surface area (Å²) in [6.07, 6.45) is -0.462. The molecule has 0 saturated heterocycles. The summed E-state index contributed by atoms with van der Waals surface area (Å²) in [5.41, 5.74) is -1.45. The molecule has 1 rings (SSSR count). The minimum absolute atomic E-state index is 0.297. The summed E-state index contributed by atoms with van der Waals surface area (Å²) in [4.78, 5) is 43.1. The SMILES string of the molecule is CC(C)C(=O)CC(=O)c1ccc([N+](=O)[O-])cc1[N+](=O)[O-]. The van der Waals surface area contributed by atoms with Crippen molar-refractivity contribution in [3.05, 3.63) is 44.0 Å². The fourth-order valence-electron chi connectivity index (χ4n) is 1.48. The minimum Gasteiger partial charge on any atom is -0.299 e. The lowest BCUT2D eigenvalue weighted by Crippen LogP contribution is -2.14. The maximum atomic E-state index is 11.9. The zero-order valence-corrected chi connectivity index (χ0v) is 10.9. The van der Waals surface area contributed by atoms with E-state index < -0.39 is 33.4 Å². The summed E-state index contributed by atoms with van der Waals surface area (Å²) < 4.78 is 0. The maximum Gasteiger partial charge on any atom is 0.287 e. The molecule has 1 aromatic carbocycles. The first-order chi connectivity index (χ1) is 9.23. The van der Waals surface area contributed by atoms with Gasteiger partial charge in [0.15, 0.2) is 5.78 Å². The Morgan fingerprint density at radius 1 is 1.15 bits per heavy atom. The van der Waals surface area contributed by atoms with Crippen LogP contribution in [-0.4, -0.2) is 21.4 Å². The van der Waals surface area contributed by atoms with E-state index in [1.54, 1.807) is 13.8 Å². The third kappa shape index (κ3) is 3.44. The van der Waals surface area contributed by atoms with Crippen molar-refractivity contribution in [3.63, 3.8) is 0 Å². The molecular formula is C12H12N2O6. The van der Waals surface area contributed by atoms with E-state index in [-0.39, 0.29) is 17.3 Å². The summed E-state index contributed by atoms with van der Waals surface area (Å²) in [7, 11) is 0. The summed E-state index contributed by atoms with van der Waals surface area (Å²) in [6.45, 7) is 3.22. The van der Waals surface area contributed by atoms with Crippen LogP contribution in [0.5, 0.6) is 0 Å². The molecule has 0 aliphatic heterocycles. The van der Waals surface area contributed by atoms with Crippen molar-refractivity contribution in [2.75, 3.05) is 0 Å². The first-order valence-electron chi connectivity index (χ1n) is 5.72. The van der Waals surface area contributed by atoms with Crippen LogP contribution in [0.15, 0.2) is 18.2 Å². The average molecular weight is 280 g/mol. The van der Waals surface area contributed by atoms with Crippen LogP contribution in [-0.2, 0) is 4.79 Å². The molecule has 0 aliphatic carbocycles. The van der Waals surface area contributed by atoms with Gasteiger partial charge in [-0.15, -0.1) is 0 Å². The van der Waals surface area contributed by atoms with Crippen molar-refractivity contribution in [1.29, 1.82) is 0 Å². The van der Waals surface area contributed by atoms with Gasteiger partial charge in [0, 0.05) is 12.0 Å². The van der Waals surface area contributed by atoms with Crippen LogP contribution >= 0.6 is 0 Å². The molecule has 0 heterocycles. The predicted octanol–water partition coefficient (Wildman–Crippen LogP) is 2.30. The second kappa shape index (κ2) is 6.00. The maximum absolute atomic E-state index is 11.9. The molecule has 0 aromatic heterocycles. The van der Waals surface area contributed by atoms with Gasteiger partial charge < -0.3 is 0 Å². The Labute approximate surface area is 113 Å². The van der Waals surface area contributed by atoms with Crippen molar-refractivity contribution in [3.8, 4) is 0 Å². The number of rotatable bonds is 6. The van der Waals surface area contributed by atoms with Crippen molar-refractivity contribution in [1.82, 2.24) is 0 Å². The number of ketones is 2. The lowest BCUT2D eigenvalue weighted by atomic mass is 9.98. The molecule has 1 aromatic rings. The van der Waals surface area contributed by atoms with Crippen molar-refractivity contribution < 1.29 is 19.4 Å². The van der Waals surface area contributed by atoms with Gasteiger partial charge in [-0.1, -0.05) is 13.8 Å². The first kappa shape index (κ1) is 15.4. The Morgan fingerprint density at radius 3 is 2.20 bits per heavy atom. The molecule has 0 aliphatic rings.